The fourth-order valence-corrected chi connectivity index (χ4v) is 6.04. The summed E-state index contributed by atoms with van der Waals surface area (Å²) in [5, 5.41) is 0. The highest BCUT2D eigenvalue weighted by Gasteiger charge is 2.28. The number of carbonyl (C=O) groups is 2. The SMILES string of the molecule is COc1ccc(-c2cc3c(c(S(=O)(=O)NC(C)C)c2)OCC3)cc1CCN(CCCCC=O)C(=O)OC(C)(C)C. The van der Waals surface area contributed by atoms with Gasteiger partial charge in [-0.15, -0.1) is 0 Å². The zero-order valence-electron chi connectivity index (χ0n) is 24.4. The van der Waals surface area contributed by atoms with Crippen LogP contribution in [-0.2, 0) is 32.4 Å². The molecule has 0 saturated heterocycles. The third-order valence-corrected chi connectivity index (χ3v) is 8.01. The van der Waals surface area contributed by atoms with E-state index < -0.39 is 21.7 Å². The standard InChI is InChI=1S/C30H42N2O7S/c1-21(2)31-40(35,36)27-20-25(19-24-13-17-38-28(24)27)22-10-11-26(37-6)23(18-22)12-15-32(14-8-7-9-16-33)29(34)39-30(3,4)5/h10-11,16,18-21,31H,7-9,12-15,17H2,1-6H3. The van der Waals surface area contributed by atoms with Crippen LogP contribution in [0, 0.1) is 0 Å². The lowest BCUT2D eigenvalue weighted by Crippen LogP contribution is -2.38. The number of hydrogen-bond acceptors (Lipinski definition) is 7. The van der Waals surface area contributed by atoms with Crippen LogP contribution < -0.4 is 14.2 Å². The van der Waals surface area contributed by atoms with Gasteiger partial charge in [0.05, 0.1) is 13.7 Å². The predicted molar refractivity (Wildman–Crippen MR) is 155 cm³/mol. The van der Waals surface area contributed by atoms with Crippen molar-refractivity contribution >= 4 is 22.4 Å². The van der Waals surface area contributed by atoms with Crippen LogP contribution in [0.3, 0.4) is 0 Å². The van der Waals surface area contributed by atoms with Crippen molar-refractivity contribution in [2.75, 3.05) is 26.8 Å². The Balaban J connectivity index is 1.92. The topological polar surface area (TPSA) is 111 Å². The van der Waals surface area contributed by atoms with Gasteiger partial charge in [0.2, 0.25) is 10.0 Å². The van der Waals surface area contributed by atoms with Crippen molar-refractivity contribution in [2.24, 2.45) is 0 Å². The number of methoxy groups -OCH3 is 1. The van der Waals surface area contributed by atoms with E-state index in [1.165, 1.54) is 0 Å². The first-order valence-electron chi connectivity index (χ1n) is 13.8. The minimum absolute atomic E-state index is 0.134. The molecule has 0 atom stereocenters. The van der Waals surface area contributed by atoms with Crippen LogP contribution in [-0.4, -0.2) is 64.1 Å². The zero-order chi connectivity index (χ0) is 29.5. The monoisotopic (exact) mass is 574 g/mol. The van der Waals surface area contributed by atoms with Crippen LogP contribution in [0.2, 0.25) is 0 Å². The van der Waals surface area contributed by atoms with Crippen LogP contribution in [0.1, 0.15) is 65.0 Å². The van der Waals surface area contributed by atoms with Crippen molar-refractivity contribution < 1.29 is 32.2 Å². The molecule has 0 bridgehead atoms. The zero-order valence-corrected chi connectivity index (χ0v) is 25.2. The average Bonchev–Trinajstić information content (AvgIpc) is 3.34. The Morgan fingerprint density at radius 3 is 2.52 bits per heavy atom. The molecule has 1 aliphatic rings. The number of nitrogens with one attached hydrogen (secondary N) is 1. The number of amides is 1. The van der Waals surface area contributed by atoms with E-state index >= 15 is 0 Å². The maximum atomic E-state index is 13.1. The summed E-state index contributed by atoms with van der Waals surface area (Å²) in [6.45, 7) is 10.3. The molecule has 0 spiro atoms. The maximum Gasteiger partial charge on any atom is 0.410 e. The van der Waals surface area contributed by atoms with E-state index in [9.17, 15) is 18.0 Å². The lowest BCUT2D eigenvalue weighted by Gasteiger charge is -2.27. The molecule has 40 heavy (non-hydrogen) atoms. The van der Waals surface area contributed by atoms with Gasteiger partial charge in [-0.2, -0.15) is 0 Å². The smallest absolute Gasteiger partial charge is 0.410 e. The molecule has 10 heteroatoms. The second kappa shape index (κ2) is 13.5. The largest absolute Gasteiger partial charge is 0.496 e. The summed E-state index contributed by atoms with van der Waals surface area (Å²) in [4.78, 5) is 25.5. The first-order chi connectivity index (χ1) is 18.8. The first kappa shape index (κ1) is 31.4. The number of sulfonamides is 1. The van der Waals surface area contributed by atoms with E-state index in [1.807, 2.05) is 45.0 Å². The molecule has 0 fully saturated rings. The molecular weight excluding hydrogens is 532 g/mol. The molecular formula is C30H42N2O7S. The Morgan fingerprint density at radius 1 is 1.12 bits per heavy atom. The maximum absolute atomic E-state index is 13.1. The first-order valence-corrected chi connectivity index (χ1v) is 15.2. The van der Waals surface area contributed by atoms with E-state index in [0.717, 1.165) is 28.5 Å². The van der Waals surface area contributed by atoms with Crippen LogP contribution >= 0.6 is 0 Å². The van der Waals surface area contributed by atoms with Gasteiger partial charge in [-0.3, -0.25) is 0 Å². The van der Waals surface area contributed by atoms with E-state index in [-0.39, 0.29) is 10.9 Å². The molecule has 0 unspecified atom stereocenters. The summed E-state index contributed by atoms with van der Waals surface area (Å²) >= 11 is 0. The Labute approximate surface area is 238 Å². The Kier molecular flexibility index (Phi) is 10.6. The van der Waals surface area contributed by atoms with Gasteiger partial charge < -0.3 is 23.9 Å². The molecule has 9 nitrogen and oxygen atoms in total. The van der Waals surface area contributed by atoms with Gasteiger partial charge in [-0.1, -0.05) is 6.07 Å². The van der Waals surface area contributed by atoms with Gasteiger partial charge in [0, 0.05) is 32.0 Å². The van der Waals surface area contributed by atoms with E-state index in [1.54, 1.807) is 31.9 Å². The van der Waals surface area contributed by atoms with Crippen LogP contribution in [0.4, 0.5) is 4.79 Å². The third-order valence-electron chi connectivity index (χ3n) is 6.35. The van der Waals surface area contributed by atoms with Gasteiger partial charge in [-0.25, -0.2) is 17.9 Å². The molecule has 0 radical (unpaired) electrons. The fourth-order valence-electron chi connectivity index (χ4n) is 4.57. The number of fused-ring (bicyclic) bond motifs is 1. The summed E-state index contributed by atoms with van der Waals surface area (Å²) in [6, 6.07) is 9.10. The van der Waals surface area contributed by atoms with Gasteiger partial charge in [0.1, 0.15) is 28.3 Å². The van der Waals surface area contributed by atoms with E-state index in [2.05, 4.69) is 4.72 Å². The highest BCUT2D eigenvalue weighted by atomic mass is 32.2. The second-order valence-corrected chi connectivity index (χ2v) is 12.9. The van der Waals surface area contributed by atoms with Crippen LogP contribution in [0.5, 0.6) is 11.5 Å². The summed E-state index contributed by atoms with van der Waals surface area (Å²) in [7, 11) is -2.18. The summed E-state index contributed by atoms with van der Waals surface area (Å²) in [5.74, 6) is 1.08. The molecule has 2 aromatic carbocycles. The van der Waals surface area contributed by atoms with Crippen LogP contribution in [0.15, 0.2) is 35.2 Å². The highest BCUT2D eigenvalue weighted by molar-refractivity contribution is 7.89. The second-order valence-electron chi connectivity index (χ2n) is 11.2. The number of benzene rings is 2. The van der Waals surface area contributed by atoms with Gasteiger partial charge in [0.15, 0.2) is 0 Å². The highest BCUT2D eigenvalue weighted by Crippen LogP contribution is 2.38. The molecule has 1 heterocycles. The van der Waals surface area contributed by atoms with Crippen molar-refractivity contribution in [1.29, 1.82) is 0 Å². The third kappa shape index (κ3) is 8.44. The number of rotatable bonds is 13. The number of carbonyl (C=O) groups excluding carboxylic acids is 2. The number of hydrogen-bond donors (Lipinski definition) is 1. The number of nitrogens with zero attached hydrogens (tertiary/aromatic N) is 1. The fraction of sp³-hybridized carbons (Fsp3) is 0.533. The molecule has 1 N–H and O–H groups in total. The van der Waals surface area contributed by atoms with E-state index in [0.29, 0.717) is 63.3 Å². The Bertz CT molecular complexity index is 1300. The minimum Gasteiger partial charge on any atom is -0.496 e. The normalized spacial score (nSPS) is 13.1. The number of aldehydes is 1. The predicted octanol–water partition coefficient (Wildman–Crippen LogP) is 5.13. The van der Waals surface area contributed by atoms with Crippen molar-refractivity contribution in [3.63, 3.8) is 0 Å². The lowest BCUT2D eigenvalue weighted by atomic mass is 9.98. The lowest BCUT2D eigenvalue weighted by molar-refractivity contribution is -0.107. The van der Waals surface area contributed by atoms with Gasteiger partial charge in [-0.05, 0) is 100 Å². The number of unbranched alkanes of at least 4 members (excludes halogenated alkanes) is 2. The molecule has 1 aliphatic heterocycles. The quantitative estimate of drug-likeness (QED) is 0.261. The van der Waals surface area contributed by atoms with Crippen molar-refractivity contribution in [1.82, 2.24) is 9.62 Å². The molecule has 0 aliphatic carbocycles. The minimum atomic E-state index is -3.78. The summed E-state index contributed by atoms with van der Waals surface area (Å²) in [6.07, 6.45) is 3.45. The Morgan fingerprint density at radius 2 is 1.88 bits per heavy atom. The molecule has 0 aromatic heterocycles. The van der Waals surface area contributed by atoms with E-state index in [4.69, 9.17) is 14.2 Å². The Hall–Kier alpha value is -3.11. The van der Waals surface area contributed by atoms with Crippen LogP contribution in [0.25, 0.3) is 11.1 Å². The average molecular weight is 575 g/mol. The van der Waals surface area contributed by atoms with Gasteiger partial charge in [0.25, 0.3) is 0 Å². The number of ether oxygens (including phenoxy) is 3. The van der Waals surface area contributed by atoms with Gasteiger partial charge >= 0.3 is 6.09 Å². The molecule has 3 rings (SSSR count). The van der Waals surface area contributed by atoms with Crippen molar-refractivity contribution in [3.8, 4) is 22.6 Å². The summed E-state index contributed by atoms with van der Waals surface area (Å²) < 4.78 is 45.9. The van der Waals surface area contributed by atoms with Crippen molar-refractivity contribution in [3.05, 3.63) is 41.5 Å². The van der Waals surface area contributed by atoms with Crippen molar-refractivity contribution in [2.45, 2.75) is 83.3 Å². The molecule has 2 aromatic rings. The molecule has 1 amide bonds. The summed E-state index contributed by atoms with van der Waals surface area (Å²) in [5.41, 5.74) is 2.69. The molecule has 220 valence electrons. The molecule has 0 saturated carbocycles.